The van der Waals surface area contributed by atoms with Crippen molar-refractivity contribution in [1.82, 2.24) is 4.90 Å². The molecule has 1 saturated heterocycles. The van der Waals surface area contributed by atoms with Crippen molar-refractivity contribution in [3.05, 3.63) is 51.7 Å². The predicted molar refractivity (Wildman–Crippen MR) is 87.5 cm³/mol. The smallest absolute Gasteiger partial charge is 0.345 e. The summed E-state index contributed by atoms with van der Waals surface area (Å²) in [6.07, 6.45) is 0.912. The number of amides is 1. The number of methoxy groups -OCH3 is 1. The molecule has 1 aliphatic heterocycles. The normalized spacial score (nSPS) is 17.3. The van der Waals surface area contributed by atoms with E-state index in [4.69, 9.17) is 9.84 Å². The highest BCUT2D eigenvalue weighted by Crippen LogP contribution is 2.30. The number of aromatic carboxylic acids is 1. The molecule has 0 radical (unpaired) electrons. The molecule has 0 spiro atoms. The SMILES string of the molecule is COc1ccc([C@H]2CCN(C(=O)c3ccc(C(=O)O)s3)C2)cc1. The van der Waals surface area contributed by atoms with Gasteiger partial charge in [-0.1, -0.05) is 12.1 Å². The quantitative estimate of drug-likeness (QED) is 0.935. The summed E-state index contributed by atoms with van der Waals surface area (Å²) in [5, 5.41) is 8.95. The van der Waals surface area contributed by atoms with Crippen molar-refractivity contribution in [1.29, 1.82) is 0 Å². The number of carbonyl (C=O) groups excluding carboxylic acids is 1. The standard InChI is InChI=1S/C17H17NO4S/c1-22-13-4-2-11(3-5-13)12-8-9-18(10-12)16(19)14-6-7-15(23-14)17(20)21/h2-7,12H,8-10H2,1H3,(H,20,21)/t12-/m0/s1. The number of ether oxygens (including phenoxy) is 1. The molecule has 6 heteroatoms. The van der Waals surface area contributed by atoms with Crippen LogP contribution in [0.2, 0.25) is 0 Å². The Morgan fingerprint density at radius 2 is 1.87 bits per heavy atom. The second-order valence-corrected chi connectivity index (χ2v) is 6.56. The molecule has 1 aliphatic rings. The largest absolute Gasteiger partial charge is 0.497 e. The molecular formula is C17H17NO4S. The Kier molecular flexibility index (Phi) is 4.34. The van der Waals surface area contributed by atoms with Crippen LogP contribution in [0.3, 0.4) is 0 Å². The van der Waals surface area contributed by atoms with Gasteiger partial charge in [0, 0.05) is 19.0 Å². The molecule has 1 aromatic heterocycles. The summed E-state index contributed by atoms with van der Waals surface area (Å²) < 4.78 is 5.16. The van der Waals surface area contributed by atoms with E-state index in [1.54, 1.807) is 18.1 Å². The van der Waals surface area contributed by atoms with E-state index in [-0.39, 0.29) is 10.8 Å². The molecule has 120 valence electrons. The number of carboxylic acid groups (broad SMARTS) is 1. The summed E-state index contributed by atoms with van der Waals surface area (Å²) in [7, 11) is 1.64. The first-order chi connectivity index (χ1) is 11.1. The number of hydrogen-bond donors (Lipinski definition) is 1. The number of carboxylic acids is 1. The highest BCUT2D eigenvalue weighted by Gasteiger charge is 2.29. The van der Waals surface area contributed by atoms with Crippen LogP contribution in [0.1, 0.15) is 37.2 Å². The van der Waals surface area contributed by atoms with Crippen LogP contribution >= 0.6 is 11.3 Å². The van der Waals surface area contributed by atoms with Gasteiger partial charge in [0.1, 0.15) is 10.6 Å². The highest BCUT2D eigenvalue weighted by atomic mass is 32.1. The number of benzene rings is 1. The van der Waals surface area contributed by atoms with Gasteiger partial charge in [0.2, 0.25) is 0 Å². The molecular weight excluding hydrogens is 314 g/mol. The summed E-state index contributed by atoms with van der Waals surface area (Å²) in [6, 6.07) is 11.0. The Labute approximate surface area is 138 Å². The van der Waals surface area contributed by atoms with Crippen LogP contribution in [0.4, 0.5) is 0 Å². The van der Waals surface area contributed by atoms with Gasteiger partial charge in [-0.15, -0.1) is 11.3 Å². The molecule has 3 rings (SSSR count). The minimum Gasteiger partial charge on any atom is -0.497 e. The van der Waals surface area contributed by atoms with E-state index < -0.39 is 5.97 Å². The van der Waals surface area contributed by atoms with E-state index in [1.165, 1.54) is 11.6 Å². The molecule has 1 fully saturated rings. The van der Waals surface area contributed by atoms with Crippen LogP contribution in [0, 0.1) is 0 Å². The van der Waals surface area contributed by atoms with Crippen LogP contribution in [0.15, 0.2) is 36.4 Å². The monoisotopic (exact) mass is 331 g/mol. The van der Waals surface area contributed by atoms with Gasteiger partial charge in [0.15, 0.2) is 0 Å². The van der Waals surface area contributed by atoms with Crippen LogP contribution in [-0.4, -0.2) is 42.1 Å². The molecule has 2 heterocycles. The third kappa shape index (κ3) is 3.22. The number of hydrogen-bond acceptors (Lipinski definition) is 4. The van der Waals surface area contributed by atoms with Crippen molar-refractivity contribution in [3.8, 4) is 5.75 Å². The van der Waals surface area contributed by atoms with Gasteiger partial charge in [-0.2, -0.15) is 0 Å². The topological polar surface area (TPSA) is 66.8 Å². The van der Waals surface area contributed by atoms with E-state index in [1.807, 2.05) is 24.3 Å². The van der Waals surface area contributed by atoms with Crippen molar-refractivity contribution in [2.45, 2.75) is 12.3 Å². The second kappa shape index (κ2) is 6.42. The van der Waals surface area contributed by atoms with E-state index in [0.29, 0.717) is 23.9 Å². The molecule has 23 heavy (non-hydrogen) atoms. The summed E-state index contributed by atoms with van der Waals surface area (Å²) in [5.41, 5.74) is 1.19. The lowest BCUT2D eigenvalue weighted by Gasteiger charge is -2.16. The zero-order valence-corrected chi connectivity index (χ0v) is 13.5. The minimum absolute atomic E-state index is 0.0847. The third-order valence-corrected chi connectivity index (χ3v) is 5.15. The highest BCUT2D eigenvalue weighted by molar-refractivity contribution is 7.15. The number of thiophene rings is 1. The molecule has 0 aliphatic carbocycles. The number of rotatable bonds is 4. The van der Waals surface area contributed by atoms with E-state index in [0.717, 1.165) is 23.5 Å². The molecule has 0 unspecified atom stereocenters. The molecule has 1 aromatic carbocycles. The van der Waals surface area contributed by atoms with Crippen LogP contribution in [0.25, 0.3) is 0 Å². The average molecular weight is 331 g/mol. The summed E-state index contributed by atoms with van der Waals surface area (Å²) in [6.45, 7) is 1.35. The van der Waals surface area contributed by atoms with Gasteiger partial charge < -0.3 is 14.7 Å². The lowest BCUT2D eigenvalue weighted by atomic mass is 9.98. The summed E-state index contributed by atoms with van der Waals surface area (Å²) >= 11 is 1.03. The zero-order valence-electron chi connectivity index (χ0n) is 12.7. The Bertz CT molecular complexity index is 722. The number of likely N-dealkylation sites (tertiary alicyclic amines) is 1. The fraction of sp³-hybridized carbons (Fsp3) is 0.294. The lowest BCUT2D eigenvalue weighted by molar-refractivity contribution is 0.0701. The van der Waals surface area contributed by atoms with E-state index in [2.05, 4.69) is 0 Å². The molecule has 2 aromatic rings. The van der Waals surface area contributed by atoms with E-state index >= 15 is 0 Å². The fourth-order valence-corrected chi connectivity index (χ4v) is 3.63. The Hall–Kier alpha value is -2.34. The van der Waals surface area contributed by atoms with Crippen molar-refractivity contribution < 1.29 is 19.4 Å². The van der Waals surface area contributed by atoms with E-state index in [9.17, 15) is 9.59 Å². The van der Waals surface area contributed by atoms with Gasteiger partial charge in [0.25, 0.3) is 5.91 Å². The first-order valence-corrected chi connectivity index (χ1v) is 8.16. The van der Waals surface area contributed by atoms with Crippen molar-refractivity contribution in [2.24, 2.45) is 0 Å². The minimum atomic E-state index is -0.994. The number of nitrogens with zero attached hydrogens (tertiary/aromatic N) is 1. The van der Waals surface area contributed by atoms with Crippen LogP contribution in [-0.2, 0) is 0 Å². The maximum atomic E-state index is 12.5. The average Bonchev–Trinajstić information content (AvgIpc) is 3.24. The fourth-order valence-electron chi connectivity index (χ4n) is 2.82. The van der Waals surface area contributed by atoms with Crippen molar-refractivity contribution >= 4 is 23.2 Å². The maximum Gasteiger partial charge on any atom is 0.345 e. The van der Waals surface area contributed by atoms with Gasteiger partial charge >= 0.3 is 5.97 Å². The molecule has 5 nitrogen and oxygen atoms in total. The molecule has 1 atom stereocenters. The lowest BCUT2D eigenvalue weighted by Crippen LogP contribution is -2.27. The molecule has 1 amide bonds. The maximum absolute atomic E-state index is 12.5. The van der Waals surface area contributed by atoms with Crippen LogP contribution in [0.5, 0.6) is 5.75 Å². The van der Waals surface area contributed by atoms with Gasteiger partial charge in [-0.05, 0) is 36.2 Å². The van der Waals surface area contributed by atoms with Crippen molar-refractivity contribution in [2.75, 3.05) is 20.2 Å². The van der Waals surface area contributed by atoms with Gasteiger partial charge in [-0.25, -0.2) is 4.79 Å². The Morgan fingerprint density at radius 1 is 1.17 bits per heavy atom. The van der Waals surface area contributed by atoms with Crippen LogP contribution < -0.4 is 4.74 Å². The first kappa shape index (κ1) is 15.6. The Morgan fingerprint density at radius 3 is 2.48 bits per heavy atom. The summed E-state index contributed by atoms with van der Waals surface area (Å²) in [4.78, 5) is 25.9. The third-order valence-electron chi connectivity index (χ3n) is 4.09. The molecule has 1 N–H and O–H groups in total. The molecule has 0 saturated carbocycles. The molecule has 0 bridgehead atoms. The first-order valence-electron chi connectivity index (χ1n) is 7.35. The van der Waals surface area contributed by atoms with Crippen molar-refractivity contribution in [3.63, 3.8) is 0 Å². The Balaban J connectivity index is 1.68. The predicted octanol–water partition coefficient (Wildman–Crippen LogP) is 3.08. The second-order valence-electron chi connectivity index (χ2n) is 5.48. The summed E-state index contributed by atoms with van der Waals surface area (Å²) in [5.74, 6) is 0.0494. The van der Waals surface area contributed by atoms with Gasteiger partial charge in [0.05, 0.1) is 12.0 Å². The van der Waals surface area contributed by atoms with Gasteiger partial charge in [-0.3, -0.25) is 4.79 Å². The zero-order chi connectivity index (χ0) is 16.4. The number of carbonyl (C=O) groups is 2.